The Morgan fingerprint density at radius 2 is 1.58 bits per heavy atom. The summed E-state index contributed by atoms with van der Waals surface area (Å²) in [4.78, 5) is 6.63. The van der Waals surface area contributed by atoms with Crippen molar-refractivity contribution in [3.05, 3.63) is 29.8 Å². The molecule has 1 spiro atoms. The van der Waals surface area contributed by atoms with E-state index in [9.17, 15) is 0 Å². The highest BCUT2D eigenvalue weighted by Gasteiger charge is 2.57. The van der Waals surface area contributed by atoms with Crippen LogP contribution in [0.2, 0.25) is 0 Å². The molecule has 3 aliphatic heterocycles. The van der Waals surface area contributed by atoms with Crippen LogP contribution in [0.4, 0.5) is 0 Å². The fourth-order valence-electron chi connectivity index (χ4n) is 5.68. The van der Waals surface area contributed by atoms with Gasteiger partial charge in [-0.15, -0.1) is 0 Å². The highest BCUT2D eigenvalue weighted by molar-refractivity contribution is 5.28. The summed E-state index contributed by atoms with van der Waals surface area (Å²) in [5.41, 5.74) is 0.735. The van der Waals surface area contributed by atoms with Crippen LogP contribution in [0.25, 0.3) is 0 Å². The molecule has 33 heavy (non-hydrogen) atoms. The van der Waals surface area contributed by atoms with Crippen LogP contribution in [0.15, 0.2) is 24.3 Å². The van der Waals surface area contributed by atoms with Crippen LogP contribution >= 0.6 is 0 Å². The second kappa shape index (κ2) is 9.12. The molecule has 4 rings (SSSR count). The van der Waals surface area contributed by atoms with Crippen LogP contribution in [0.1, 0.15) is 85.8 Å². The van der Waals surface area contributed by atoms with Gasteiger partial charge in [0.2, 0.25) is 0 Å². The molecule has 3 heterocycles. The molecule has 0 bridgehead atoms. The van der Waals surface area contributed by atoms with Crippen molar-refractivity contribution in [2.24, 2.45) is 5.41 Å². The first-order valence-electron chi connectivity index (χ1n) is 12.6. The minimum atomic E-state index is -0.548. The monoisotopic (exact) mass is 461 g/mol. The van der Waals surface area contributed by atoms with E-state index in [0.29, 0.717) is 6.61 Å². The van der Waals surface area contributed by atoms with Crippen LogP contribution in [0.3, 0.4) is 0 Å². The minimum Gasteiger partial charge on any atom is -0.491 e. The first-order chi connectivity index (χ1) is 15.5. The number of piperidine rings is 1. The lowest BCUT2D eigenvalue weighted by atomic mass is 9.76. The van der Waals surface area contributed by atoms with Gasteiger partial charge in [-0.25, -0.2) is 0 Å². The van der Waals surface area contributed by atoms with E-state index in [-0.39, 0.29) is 28.7 Å². The lowest BCUT2D eigenvalue weighted by Crippen LogP contribution is -2.68. The van der Waals surface area contributed by atoms with Crippen molar-refractivity contribution in [3.8, 4) is 5.75 Å². The molecule has 0 amide bonds. The van der Waals surface area contributed by atoms with Crippen molar-refractivity contribution in [1.29, 1.82) is 0 Å². The average molecular weight is 462 g/mol. The summed E-state index contributed by atoms with van der Waals surface area (Å²) in [5.74, 6) is 0.317. The van der Waals surface area contributed by atoms with Crippen molar-refractivity contribution >= 4 is 0 Å². The maximum absolute atomic E-state index is 6.63. The number of ether oxygens (including phenoxy) is 4. The van der Waals surface area contributed by atoms with Gasteiger partial charge in [0.1, 0.15) is 24.6 Å². The summed E-state index contributed by atoms with van der Waals surface area (Å²) >= 11 is 0. The van der Waals surface area contributed by atoms with E-state index < -0.39 is 5.79 Å². The van der Waals surface area contributed by atoms with Gasteiger partial charge in [0.25, 0.3) is 0 Å². The zero-order valence-electron chi connectivity index (χ0n) is 21.6. The maximum atomic E-state index is 6.63. The van der Waals surface area contributed by atoms with Gasteiger partial charge in [-0.1, -0.05) is 32.4 Å². The third-order valence-corrected chi connectivity index (χ3v) is 7.18. The summed E-state index contributed by atoms with van der Waals surface area (Å²) < 4.78 is 24.0. The first kappa shape index (κ1) is 24.9. The SMILES string of the molecule is CCCC1(C)COC2(CC(C)(C)N(OC(C)c3ccc(OCC4CO4)cc3)C(C)(C)C2)OC1. The zero-order chi connectivity index (χ0) is 23.9. The molecular weight excluding hydrogens is 418 g/mol. The molecule has 3 aliphatic rings. The van der Waals surface area contributed by atoms with Crippen molar-refractivity contribution in [1.82, 2.24) is 5.06 Å². The van der Waals surface area contributed by atoms with Gasteiger partial charge in [0.15, 0.2) is 5.79 Å². The zero-order valence-corrected chi connectivity index (χ0v) is 21.6. The fraction of sp³-hybridized carbons (Fsp3) is 0.778. The summed E-state index contributed by atoms with van der Waals surface area (Å²) in [7, 11) is 0. The summed E-state index contributed by atoms with van der Waals surface area (Å²) in [5, 5.41) is 2.18. The maximum Gasteiger partial charge on any atom is 0.171 e. The number of nitrogens with zero attached hydrogens (tertiary/aromatic N) is 1. The van der Waals surface area contributed by atoms with Gasteiger partial charge in [0.05, 0.1) is 19.8 Å². The van der Waals surface area contributed by atoms with Gasteiger partial charge in [-0.2, -0.15) is 5.06 Å². The molecule has 0 radical (unpaired) electrons. The molecule has 0 aliphatic carbocycles. The third-order valence-electron chi connectivity index (χ3n) is 7.18. The first-order valence-corrected chi connectivity index (χ1v) is 12.6. The number of hydrogen-bond acceptors (Lipinski definition) is 6. The van der Waals surface area contributed by atoms with Crippen LogP contribution in [-0.2, 0) is 19.0 Å². The summed E-state index contributed by atoms with van der Waals surface area (Å²) in [6, 6.07) is 8.19. The van der Waals surface area contributed by atoms with Gasteiger partial charge >= 0.3 is 0 Å². The predicted octanol–water partition coefficient (Wildman–Crippen LogP) is 5.66. The van der Waals surface area contributed by atoms with E-state index in [4.69, 9.17) is 23.8 Å². The van der Waals surface area contributed by atoms with E-state index in [1.165, 1.54) is 0 Å². The van der Waals surface area contributed by atoms with Gasteiger partial charge in [-0.05, 0) is 58.7 Å². The van der Waals surface area contributed by atoms with Crippen LogP contribution in [-0.4, -0.2) is 54.5 Å². The number of rotatable bonds is 8. The van der Waals surface area contributed by atoms with Crippen LogP contribution in [0, 0.1) is 5.41 Å². The van der Waals surface area contributed by atoms with E-state index in [1.807, 2.05) is 12.1 Å². The lowest BCUT2D eigenvalue weighted by Gasteiger charge is -2.59. The third kappa shape index (κ3) is 5.73. The molecule has 0 aromatic heterocycles. The molecule has 2 unspecified atom stereocenters. The van der Waals surface area contributed by atoms with Crippen molar-refractivity contribution in [2.75, 3.05) is 26.4 Å². The molecule has 6 nitrogen and oxygen atoms in total. The fourth-order valence-corrected chi connectivity index (χ4v) is 5.68. The Hall–Kier alpha value is -1.18. The quantitative estimate of drug-likeness (QED) is 0.466. The molecule has 2 atom stereocenters. The Kier molecular flexibility index (Phi) is 6.89. The molecule has 6 heteroatoms. The largest absolute Gasteiger partial charge is 0.491 e. The second-order valence-electron chi connectivity index (χ2n) is 11.9. The highest BCUT2D eigenvalue weighted by Crippen LogP contribution is 2.50. The van der Waals surface area contributed by atoms with Crippen molar-refractivity contribution < 1.29 is 23.8 Å². The molecule has 0 N–H and O–H groups in total. The van der Waals surface area contributed by atoms with Crippen LogP contribution < -0.4 is 4.74 Å². The Morgan fingerprint density at radius 3 is 2.09 bits per heavy atom. The highest BCUT2D eigenvalue weighted by atomic mass is 16.7. The smallest absolute Gasteiger partial charge is 0.171 e. The normalized spacial score (nSPS) is 28.4. The van der Waals surface area contributed by atoms with Crippen molar-refractivity contribution in [3.63, 3.8) is 0 Å². The standard InChI is InChI=1S/C27H43NO5/c1-8-13-26(7)18-31-27(32-19-26)16-24(3,4)28(25(5,6)17-27)33-20(2)21-9-11-22(12-10-21)29-14-23-15-30-23/h9-12,20,23H,8,13-19H2,1-7H3. The minimum absolute atomic E-state index is 0.0838. The van der Waals surface area contributed by atoms with E-state index in [2.05, 4.69) is 65.7 Å². The molecule has 186 valence electrons. The predicted molar refractivity (Wildman–Crippen MR) is 128 cm³/mol. The van der Waals surface area contributed by atoms with Gasteiger partial charge < -0.3 is 18.9 Å². The number of hydroxylamine groups is 2. The molecule has 3 saturated heterocycles. The van der Waals surface area contributed by atoms with Crippen LogP contribution in [0.5, 0.6) is 5.75 Å². The second-order valence-corrected chi connectivity index (χ2v) is 11.9. The molecule has 1 aromatic carbocycles. The van der Waals surface area contributed by atoms with Gasteiger partial charge in [0, 0.05) is 29.3 Å². The molecule has 3 fully saturated rings. The van der Waals surface area contributed by atoms with E-state index >= 15 is 0 Å². The number of epoxide rings is 1. The van der Waals surface area contributed by atoms with Crippen molar-refractivity contribution in [2.45, 2.75) is 103 Å². The molecule has 1 aromatic rings. The van der Waals surface area contributed by atoms with E-state index in [0.717, 1.165) is 56.8 Å². The Labute approximate surface area is 199 Å². The summed E-state index contributed by atoms with van der Waals surface area (Å²) in [6.45, 7) is 18.4. The summed E-state index contributed by atoms with van der Waals surface area (Å²) in [6.07, 6.45) is 3.99. The topological polar surface area (TPSA) is 52.7 Å². The molecular formula is C27H43NO5. The number of benzene rings is 1. The average Bonchev–Trinajstić information content (AvgIpc) is 3.56. The molecule has 0 saturated carbocycles. The Bertz CT molecular complexity index is 773. The van der Waals surface area contributed by atoms with Gasteiger partial charge in [-0.3, -0.25) is 4.84 Å². The Balaban J connectivity index is 1.41. The number of hydrogen-bond donors (Lipinski definition) is 0. The lowest BCUT2D eigenvalue weighted by molar-refractivity contribution is -0.389. The van der Waals surface area contributed by atoms with E-state index in [1.54, 1.807) is 0 Å². The Morgan fingerprint density at radius 1 is 1.00 bits per heavy atom.